The number of hydrogen-bond donors (Lipinski definition) is 2. The van der Waals surface area contributed by atoms with E-state index in [0.717, 1.165) is 25.7 Å². The number of hydrogen-bond acceptors (Lipinski definition) is 4. The van der Waals surface area contributed by atoms with Crippen LogP contribution in [0.4, 0.5) is 5.69 Å². The summed E-state index contributed by atoms with van der Waals surface area (Å²) in [5.41, 5.74) is 0.552. The van der Waals surface area contributed by atoms with Crippen molar-refractivity contribution < 1.29 is 18.0 Å². The van der Waals surface area contributed by atoms with Crippen LogP contribution in [-0.2, 0) is 19.6 Å². The second-order valence-corrected chi connectivity index (χ2v) is 10.0. The summed E-state index contributed by atoms with van der Waals surface area (Å²) in [5, 5.41) is 5.79. The number of anilines is 1. The monoisotopic (exact) mass is 421 g/mol. The second-order valence-electron chi connectivity index (χ2n) is 8.10. The minimum absolute atomic E-state index is 0.0159. The smallest absolute Gasteiger partial charge is 0.243 e. The molecule has 1 aromatic carbocycles. The second kappa shape index (κ2) is 9.71. The largest absolute Gasteiger partial charge is 0.353 e. The molecule has 1 aliphatic carbocycles. The third kappa shape index (κ3) is 5.79. The lowest BCUT2D eigenvalue weighted by Gasteiger charge is -2.32. The van der Waals surface area contributed by atoms with Crippen LogP contribution < -0.4 is 10.6 Å². The van der Waals surface area contributed by atoms with Gasteiger partial charge in [-0.3, -0.25) is 9.59 Å². The van der Waals surface area contributed by atoms with Crippen molar-refractivity contribution in [3.63, 3.8) is 0 Å². The summed E-state index contributed by atoms with van der Waals surface area (Å²) in [4.78, 5) is 24.1. The van der Waals surface area contributed by atoms with E-state index >= 15 is 0 Å². The third-order valence-corrected chi connectivity index (χ3v) is 7.65. The van der Waals surface area contributed by atoms with Gasteiger partial charge in [0.15, 0.2) is 0 Å². The average Bonchev–Trinajstić information content (AvgIpc) is 2.97. The molecule has 160 valence electrons. The summed E-state index contributed by atoms with van der Waals surface area (Å²) in [6, 6.07) is 6.37. The van der Waals surface area contributed by atoms with Crippen molar-refractivity contribution >= 4 is 27.5 Å². The maximum absolute atomic E-state index is 13.0. The van der Waals surface area contributed by atoms with Crippen molar-refractivity contribution in [3.8, 4) is 0 Å². The van der Waals surface area contributed by atoms with Gasteiger partial charge < -0.3 is 10.6 Å². The van der Waals surface area contributed by atoms with E-state index in [0.29, 0.717) is 25.1 Å². The minimum Gasteiger partial charge on any atom is -0.353 e. The lowest BCUT2D eigenvalue weighted by Crippen LogP contribution is -2.47. The molecule has 1 atom stereocenters. The van der Waals surface area contributed by atoms with Crippen molar-refractivity contribution in [2.24, 2.45) is 5.92 Å². The molecule has 1 saturated heterocycles. The van der Waals surface area contributed by atoms with Crippen LogP contribution in [0.5, 0.6) is 0 Å². The molecule has 7 nitrogen and oxygen atoms in total. The fourth-order valence-corrected chi connectivity index (χ4v) is 5.70. The van der Waals surface area contributed by atoms with Gasteiger partial charge in [-0.1, -0.05) is 25.7 Å². The van der Waals surface area contributed by atoms with Gasteiger partial charge in [-0.05, 0) is 49.9 Å². The Hall–Kier alpha value is -1.93. The van der Waals surface area contributed by atoms with Gasteiger partial charge in [-0.15, -0.1) is 0 Å². The van der Waals surface area contributed by atoms with Crippen LogP contribution in [-0.4, -0.2) is 43.7 Å². The molecule has 2 fully saturated rings. The molecule has 1 heterocycles. The van der Waals surface area contributed by atoms with Crippen LogP contribution in [0, 0.1) is 5.92 Å². The molecule has 2 aliphatic rings. The molecule has 0 radical (unpaired) electrons. The van der Waals surface area contributed by atoms with Crippen molar-refractivity contribution in [1.29, 1.82) is 0 Å². The number of nitrogens with one attached hydrogen (secondary N) is 2. The van der Waals surface area contributed by atoms with Gasteiger partial charge in [0, 0.05) is 31.7 Å². The highest BCUT2D eigenvalue weighted by Gasteiger charge is 2.34. The van der Waals surface area contributed by atoms with E-state index in [-0.39, 0.29) is 35.2 Å². The number of benzene rings is 1. The molecule has 0 aromatic heterocycles. The number of carbonyl (C=O) groups is 2. The minimum atomic E-state index is -3.67. The van der Waals surface area contributed by atoms with E-state index in [9.17, 15) is 18.0 Å². The maximum Gasteiger partial charge on any atom is 0.243 e. The van der Waals surface area contributed by atoms with Gasteiger partial charge >= 0.3 is 0 Å². The zero-order valence-electron chi connectivity index (χ0n) is 17.0. The van der Waals surface area contributed by atoms with E-state index in [1.54, 1.807) is 12.1 Å². The molecule has 3 rings (SSSR count). The molecule has 2 amide bonds. The predicted molar refractivity (Wildman–Crippen MR) is 112 cm³/mol. The van der Waals surface area contributed by atoms with Gasteiger partial charge in [-0.25, -0.2) is 8.42 Å². The van der Waals surface area contributed by atoms with Crippen molar-refractivity contribution in [3.05, 3.63) is 24.3 Å². The first kappa shape index (κ1) is 21.8. The van der Waals surface area contributed by atoms with E-state index < -0.39 is 10.0 Å². The molecule has 1 aromatic rings. The fraction of sp³-hybridized carbons (Fsp3) is 0.619. The first-order chi connectivity index (χ1) is 13.9. The summed E-state index contributed by atoms with van der Waals surface area (Å²) in [6.45, 7) is 2.04. The van der Waals surface area contributed by atoms with Crippen molar-refractivity contribution in [2.75, 3.05) is 18.4 Å². The third-order valence-electron chi connectivity index (χ3n) is 5.77. The highest BCUT2D eigenvalue weighted by Crippen LogP contribution is 2.25. The molecule has 0 bridgehead atoms. The zero-order chi connectivity index (χ0) is 20.9. The number of nitrogens with zero attached hydrogens (tertiary/aromatic N) is 1. The normalized spacial score (nSPS) is 21.9. The van der Waals surface area contributed by atoms with Gasteiger partial charge in [0.1, 0.15) is 0 Å². The number of rotatable bonds is 5. The van der Waals surface area contributed by atoms with Gasteiger partial charge in [-0.2, -0.15) is 4.31 Å². The summed E-state index contributed by atoms with van der Waals surface area (Å²) < 4.78 is 27.5. The Morgan fingerprint density at radius 1 is 0.966 bits per heavy atom. The summed E-state index contributed by atoms with van der Waals surface area (Å²) in [7, 11) is -3.67. The Morgan fingerprint density at radius 3 is 2.24 bits per heavy atom. The topological polar surface area (TPSA) is 95.6 Å². The van der Waals surface area contributed by atoms with Crippen LogP contribution >= 0.6 is 0 Å². The van der Waals surface area contributed by atoms with E-state index in [2.05, 4.69) is 10.6 Å². The fourth-order valence-electron chi connectivity index (χ4n) is 4.18. The van der Waals surface area contributed by atoms with Crippen LogP contribution in [0.3, 0.4) is 0 Å². The number of sulfonamides is 1. The Labute approximate surface area is 173 Å². The zero-order valence-corrected chi connectivity index (χ0v) is 17.8. The highest BCUT2D eigenvalue weighted by atomic mass is 32.2. The summed E-state index contributed by atoms with van der Waals surface area (Å²) >= 11 is 0. The van der Waals surface area contributed by atoms with Crippen LogP contribution in [0.2, 0.25) is 0 Å². The molecule has 0 unspecified atom stereocenters. The highest BCUT2D eigenvalue weighted by molar-refractivity contribution is 7.89. The van der Waals surface area contributed by atoms with Crippen molar-refractivity contribution in [2.45, 2.75) is 69.2 Å². The molecule has 1 saturated carbocycles. The van der Waals surface area contributed by atoms with Crippen molar-refractivity contribution in [1.82, 2.24) is 9.62 Å². The molecule has 2 N–H and O–H groups in total. The van der Waals surface area contributed by atoms with Crippen LogP contribution in [0.25, 0.3) is 0 Å². The Bertz CT molecular complexity index is 815. The molecule has 29 heavy (non-hydrogen) atoms. The molecular weight excluding hydrogens is 390 g/mol. The standard InChI is InChI=1S/C21H31N3O4S/c1-16(25)22-19-10-12-20(13-11-19)29(27,28)24-14-6-7-17(15-24)21(26)23-18-8-4-2-3-5-9-18/h10-13,17-18H,2-9,14-15H2,1H3,(H,22,25)(H,23,26)/t17-/m1/s1. The maximum atomic E-state index is 13.0. The van der Waals surface area contributed by atoms with Gasteiger partial charge in [0.25, 0.3) is 0 Å². The van der Waals surface area contributed by atoms with E-state index in [1.165, 1.54) is 36.2 Å². The number of amides is 2. The summed E-state index contributed by atoms with van der Waals surface area (Å²) in [5.74, 6) is -0.530. The molecular formula is C21H31N3O4S. The summed E-state index contributed by atoms with van der Waals surface area (Å²) in [6.07, 6.45) is 8.15. The lowest BCUT2D eigenvalue weighted by atomic mass is 9.97. The SMILES string of the molecule is CC(=O)Nc1ccc(S(=O)(=O)N2CCC[C@@H](C(=O)NC3CCCCCC3)C2)cc1. The molecule has 8 heteroatoms. The first-order valence-corrected chi connectivity index (χ1v) is 12.0. The quantitative estimate of drug-likeness (QED) is 0.715. The van der Waals surface area contributed by atoms with Gasteiger partial charge in [0.05, 0.1) is 10.8 Å². The Balaban J connectivity index is 1.64. The number of carbonyl (C=O) groups excluding carboxylic acids is 2. The van der Waals surface area contributed by atoms with Gasteiger partial charge in [0.2, 0.25) is 21.8 Å². The van der Waals surface area contributed by atoms with Crippen LogP contribution in [0.15, 0.2) is 29.2 Å². The Morgan fingerprint density at radius 2 is 1.62 bits per heavy atom. The van der Waals surface area contributed by atoms with Crippen LogP contribution in [0.1, 0.15) is 58.3 Å². The number of piperidine rings is 1. The molecule has 1 aliphatic heterocycles. The first-order valence-electron chi connectivity index (χ1n) is 10.5. The lowest BCUT2D eigenvalue weighted by molar-refractivity contribution is -0.126. The average molecular weight is 422 g/mol. The van der Waals surface area contributed by atoms with E-state index in [4.69, 9.17) is 0 Å². The molecule has 0 spiro atoms. The Kier molecular flexibility index (Phi) is 7.29. The predicted octanol–water partition coefficient (Wildman–Crippen LogP) is 2.88. The van der Waals surface area contributed by atoms with E-state index in [1.807, 2.05) is 0 Å².